The Morgan fingerprint density at radius 3 is 2.40 bits per heavy atom. The number of thiazole rings is 1. The summed E-state index contributed by atoms with van der Waals surface area (Å²) >= 11 is 1.60. The molecule has 0 aliphatic carbocycles. The Bertz CT molecular complexity index is 1160. The van der Waals surface area contributed by atoms with Crippen LogP contribution < -0.4 is 10.3 Å². The van der Waals surface area contributed by atoms with E-state index in [2.05, 4.69) is 40.5 Å². The largest absolute Gasteiger partial charge is 0.378 e. The summed E-state index contributed by atoms with van der Waals surface area (Å²) in [6.07, 6.45) is 1.79. The van der Waals surface area contributed by atoms with Crippen molar-refractivity contribution < 1.29 is 0 Å². The maximum absolute atomic E-state index is 4.77. The van der Waals surface area contributed by atoms with E-state index in [4.69, 9.17) is 9.98 Å². The number of fused-ring (bicyclic) bond motifs is 1. The Morgan fingerprint density at radius 1 is 0.967 bits per heavy atom. The first-order chi connectivity index (χ1) is 14.6. The van der Waals surface area contributed by atoms with Crippen LogP contribution in [0.4, 0.5) is 11.4 Å². The summed E-state index contributed by atoms with van der Waals surface area (Å²) in [5.74, 6) is 0.626. The Labute approximate surface area is 180 Å². The number of aromatic nitrogens is 1. The molecule has 6 heteroatoms. The van der Waals surface area contributed by atoms with Gasteiger partial charge < -0.3 is 4.90 Å². The van der Waals surface area contributed by atoms with Gasteiger partial charge in [0.2, 0.25) is 0 Å². The predicted molar refractivity (Wildman–Crippen MR) is 128 cm³/mol. The van der Waals surface area contributed by atoms with Crippen LogP contribution in [-0.2, 0) is 0 Å². The number of hydrogen-bond donors (Lipinski definition) is 1. The number of hydrazone groups is 1. The Hall–Kier alpha value is -3.51. The topological polar surface area (TPSA) is 52.9 Å². The van der Waals surface area contributed by atoms with Crippen molar-refractivity contribution in [2.45, 2.75) is 6.92 Å². The fraction of sp³-hybridized carbons (Fsp3) is 0.125. The van der Waals surface area contributed by atoms with Crippen LogP contribution in [0, 0.1) is 6.92 Å². The Balaban J connectivity index is 1.62. The molecule has 5 nitrogen and oxygen atoms in total. The van der Waals surface area contributed by atoms with Gasteiger partial charge in [-0.1, -0.05) is 42.0 Å². The minimum atomic E-state index is 0.626. The first-order valence-corrected chi connectivity index (χ1v) is 10.5. The molecular formula is C24H23N5S. The van der Waals surface area contributed by atoms with Crippen molar-refractivity contribution in [3.8, 4) is 0 Å². The maximum atomic E-state index is 4.77. The van der Waals surface area contributed by atoms with Gasteiger partial charge in [-0.15, -0.1) is 11.3 Å². The number of rotatable bonds is 5. The van der Waals surface area contributed by atoms with Crippen molar-refractivity contribution >= 4 is 45.0 Å². The van der Waals surface area contributed by atoms with Crippen molar-refractivity contribution in [2.75, 3.05) is 19.0 Å². The highest BCUT2D eigenvalue weighted by Crippen LogP contribution is 2.23. The van der Waals surface area contributed by atoms with Crippen molar-refractivity contribution in [2.24, 2.45) is 10.1 Å². The van der Waals surface area contributed by atoms with Crippen LogP contribution in [-0.4, -0.2) is 31.1 Å². The van der Waals surface area contributed by atoms with Crippen LogP contribution >= 0.6 is 11.3 Å². The third kappa shape index (κ3) is 4.72. The van der Waals surface area contributed by atoms with Gasteiger partial charge in [0.15, 0.2) is 10.8 Å². The van der Waals surface area contributed by atoms with Gasteiger partial charge in [0.25, 0.3) is 0 Å². The molecule has 3 aromatic carbocycles. The number of hydrogen-bond acceptors (Lipinski definition) is 5. The zero-order chi connectivity index (χ0) is 20.9. The normalized spacial score (nSPS) is 11.9. The third-order valence-corrected chi connectivity index (χ3v) is 5.61. The summed E-state index contributed by atoms with van der Waals surface area (Å²) in [7, 11) is 4.05. The monoisotopic (exact) mass is 413 g/mol. The second-order valence-electron chi connectivity index (χ2n) is 7.14. The van der Waals surface area contributed by atoms with Gasteiger partial charge >= 0.3 is 0 Å². The van der Waals surface area contributed by atoms with Crippen molar-refractivity contribution in [1.29, 1.82) is 0 Å². The molecule has 0 saturated carbocycles. The lowest BCUT2D eigenvalue weighted by molar-refractivity contribution is 1.03. The lowest BCUT2D eigenvalue weighted by atomic mass is 10.2. The number of aliphatic imine (C=N–C) groups is 1. The summed E-state index contributed by atoms with van der Waals surface area (Å²) in [5, 5.41) is 5.23. The van der Waals surface area contributed by atoms with Crippen molar-refractivity contribution in [3.63, 3.8) is 0 Å². The number of para-hydroxylation sites is 1. The molecule has 0 saturated heterocycles. The van der Waals surface area contributed by atoms with Gasteiger partial charge in [0.05, 0.1) is 22.1 Å². The van der Waals surface area contributed by atoms with Gasteiger partial charge in [-0.3, -0.25) is 5.43 Å². The molecule has 0 fully saturated rings. The molecule has 30 heavy (non-hydrogen) atoms. The molecule has 0 unspecified atom stereocenters. The summed E-state index contributed by atoms with van der Waals surface area (Å²) in [5.41, 5.74) is 8.27. The van der Waals surface area contributed by atoms with E-state index in [1.807, 2.05) is 68.7 Å². The molecular weight excluding hydrogens is 390 g/mol. The first-order valence-electron chi connectivity index (χ1n) is 9.66. The highest BCUT2D eigenvalue weighted by atomic mass is 32.1. The summed E-state index contributed by atoms with van der Waals surface area (Å²) in [6, 6.07) is 24.4. The van der Waals surface area contributed by atoms with Gasteiger partial charge in [-0.25, -0.2) is 9.98 Å². The van der Waals surface area contributed by atoms with Crippen LogP contribution in [0.3, 0.4) is 0 Å². The number of benzene rings is 3. The lowest BCUT2D eigenvalue weighted by Crippen LogP contribution is -2.18. The Kier molecular flexibility index (Phi) is 5.86. The van der Waals surface area contributed by atoms with E-state index in [1.54, 1.807) is 17.6 Å². The van der Waals surface area contributed by atoms with Gasteiger partial charge in [-0.05, 0) is 48.9 Å². The SMILES string of the molecule is Cc1ccc(N=C(NN=Cc2ccc(N(C)C)cc2)c2nc3ccccc3s2)cc1. The second-order valence-corrected chi connectivity index (χ2v) is 8.17. The van der Waals surface area contributed by atoms with Crippen molar-refractivity contribution in [3.05, 3.63) is 88.9 Å². The summed E-state index contributed by atoms with van der Waals surface area (Å²) < 4.78 is 1.12. The van der Waals surface area contributed by atoms with E-state index >= 15 is 0 Å². The minimum absolute atomic E-state index is 0.626. The van der Waals surface area contributed by atoms with E-state index in [0.717, 1.165) is 32.2 Å². The highest BCUT2D eigenvalue weighted by molar-refractivity contribution is 7.20. The van der Waals surface area contributed by atoms with Crippen LogP contribution in [0.15, 0.2) is 82.9 Å². The molecule has 1 heterocycles. The quantitative estimate of drug-likeness (QED) is 0.272. The maximum Gasteiger partial charge on any atom is 0.183 e. The highest BCUT2D eigenvalue weighted by Gasteiger charge is 2.10. The van der Waals surface area contributed by atoms with Crippen LogP contribution in [0.2, 0.25) is 0 Å². The molecule has 0 amide bonds. The van der Waals surface area contributed by atoms with E-state index in [9.17, 15) is 0 Å². The van der Waals surface area contributed by atoms with E-state index in [-0.39, 0.29) is 0 Å². The van der Waals surface area contributed by atoms with Crippen molar-refractivity contribution in [1.82, 2.24) is 10.4 Å². The number of anilines is 1. The molecule has 1 aromatic heterocycles. The van der Waals surface area contributed by atoms with E-state index < -0.39 is 0 Å². The van der Waals surface area contributed by atoms with Gasteiger partial charge in [0.1, 0.15) is 0 Å². The second kappa shape index (κ2) is 8.88. The number of nitrogens with zero attached hydrogens (tertiary/aromatic N) is 4. The van der Waals surface area contributed by atoms with E-state index in [0.29, 0.717) is 5.84 Å². The molecule has 0 aliphatic heterocycles. The molecule has 0 aliphatic rings. The summed E-state index contributed by atoms with van der Waals surface area (Å²) in [4.78, 5) is 11.6. The minimum Gasteiger partial charge on any atom is -0.378 e. The molecule has 4 aromatic rings. The Morgan fingerprint density at radius 2 is 1.70 bits per heavy atom. The smallest absolute Gasteiger partial charge is 0.183 e. The van der Waals surface area contributed by atoms with Gasteiger partial charge in [-0.2, -0.15) is 5.10 Å². The zero-order valence-electron chi connectivity index (χ0n) is 17.2. The van der Waals surface area contributed by atoms with Gasteiger partial charge in [0, 0.05) is 19.8 Å². The molecule has 150 valence electrons. The fourth-order valence-electron chi connectivity index (χ4n) is 2.87. The molecule has 4 rings (SSSR count). The number of nitrogens with one attached hydrogen (secondary N) is 1. The van der Waals surface area contributed by atoms with E-state index in [1.165, 1.54) is 5.56 Å². The summed E-state index contributed by atoms with van der Waals surface area (Å²) in [6.45, 7) is 2.06. The number of aryl methyl sites for hydroxylation is 1. The predicted octanol–water partition coefficient (Wildman–Crippen LogP) is 5.37. The lowest BCUT2D eigenvalue weighted by Gasteiger charge is -2.11. The molecule has 0 bridgehead atoms. The molecule has 0 radical (unpaired) electrons. The molecule has 0 spiro atoms. The average Bonchev–Trinajstić information content (AvgIpc) is 3.19. The first kappa shape index (κ1) is 19.8. The van der Waals surface area contributed by atoms with Crippen LogP contribution in [0.5, 0.6) is 0 Å². The third-order valence-electron chi connectivity index (χ3n) is 4.56. The fourth-order valence-corrected chi connectivity index (χ4v) is 3.77. The van der Waals surface area contributed by atoms with Crippen LogP contribution in [0.1, 0.15) is 16.1 Å². The standard InChI is InChI=1S/C24H23N5S/c1-17-8-12-19(13-9-17)26-23(24-27-21-6-4-5-7-22(21)30-24)28-25-16-18-10-14-20(15-11-18)29(2)3/h4-16H,1-3H3,(H,26,28). The zero-order valence-corrected chi connectivity index (χ0v) is 18.0. The number of amidine groups is 1. The molecule has 0 atom stereocenters. The molecule has 1 N–H and O–H groups in total. The van der Waals surface area contributed by atoms with Crippen LogP contribution in [0.25, 0.3) is 10.2 Å². The average molecular weight is 414 g/mol.